The van der Waals surface area contributed by atoms with Gasteiger partial charge in [0.25, 0.3) is 0 Å². The van der Waals surface area contributed by atoms with E-state index < -0.39 is 0 Å². The highest BCUT2D eigenvalue weighted by atomic mass is 16.5. The molecular formula is C11H18N2O2. The molecule has 0 amide bonds. The van der Waals surface area contributed by atoms with Gasteiger partial charge >= 0.3 is 0 Å². The third-order valence-corrected chi connectivity index (χ3v) is 2.10. The van der Waals surface area contributed by atoms with Crippen molar-refractivity contribution < 1.29 is 9.47 Å². The van der Waals surface area contributed by atoms with E-state index in [-0.39, 0.29) is 6.10 Å². The summed E-state index contributed by atoms with van der Waals surface area (Å²) >= 11 is 0. The molecule has 0 aromatic carbocycles. The second kappa shape index (κ2) is 6.50. The van der Waals surface area contributed by atoms with Gasteiger partial charge in [-0.15, -0.1) is 0 Å². The Kier molecular flexibility index (Phi) is 5.25. The minimum absolute atomic E-state index is 0.0841. The number of aromatic nitrogens is 1. The maximum atomic E-state index is 5.59. The molecular weight excluding hydrogens is 192 g/mol. The van der Waals surface area contributed by atoms with Gasteiger partial charge in [-0.3, -0.25) is 4.98 Å². The highest BCUT2D eigenvalue weighted by Gasteiger charge is 2.05. The Morgan fingerprint density at radius 1 is 1.53 bits per heavy atom. The van der Waals surface area contributed by atoms with Crippen molar-refractivity contribution in [3.05, 3.63) is 29.6 Å². The molecule has 4 nitrogen and oxygen atoms in total. The summed E-state index contributed by atoms with van der Waals surface area (Å²) < 4.78 is 10.6. The second-order valence-corrected chi connectivity index (χ2v) is 3.39. The van der Waals surface area contributed by atoms with Gasteiger partial charge in [0, 0.05) is 25.4 Å². The van der Waals surface area contributed by atoms with Crippen LogP contribution in [0.3, 0.4) is 0 Å². The van der Waals surface area contributed by atoms with Crippen LogP contribution in [0.1, 0.15) is 18.2 Å². The average molecular weight is 210 g/mol. The van der Waals surface area contributed by atoms with Crippen molar-refractivity contribution in [3.8, 4) is 0 Å². The zero-order chi connectivity index (χ0) is 11.1. The number of hydrogen-bond acceptors (Lipinski definition) is 4. The summed E-state index contributed by atoms with van der Waals surface area (Å²) in [5.74, 6) is 0. The molecule has 0 bridgehead atoms. The van der Waals surface area contributed by atoms with Crippen molar-refractivity contribution in [1.82, 2.24) is 4.98 Å². The van der Waals surface area contributed by atoms with Gasteiger partial charge < -0.3 is 15.2 Å². The molecule has 0 fully saturated rings. The van der Waals surface area contributed by atoms with E-state index in [1.54, 1.807) is 13.3 Å². The number of hydrogen-bond donors (Lipinski definition) is 1. The first kappa shape index (κ1) is 12.1. The lowest BCUT2D eigenvalue weighted by Crippen LogP contribution is -2.15. The van der Waals surface area contributed by atoms with E-state index in [0.29, 0.717) is 19.8 Å². The predicted molar refractivity (Wildman–Crippen MR) is 58.3 cm³/mol. The topological polar surface area (TPSA) is 57.4 Å². The highest BCUT2D eigenvalue weighted by Crippen LogP contribution is 2.07. The van der Waals surface area contributed by atoms with Crippen LogP contribution < -0.4 is 5.73 Å². The van der Waals surface area contributed by atoms with Crippen LogP contribution in [0.5, 0.6) is 0 Å². The Morgan fingerprint density at radius 2 is 2.33 bits per heavy atom. The Labute approximate surface area is 90.4 Å². The molecule has 1 atom stereocenters. The van der Waals surface area contributed by atoms with Crippen LogP contribution in [0.2, 0.25) is 0 Å². The standard InChI is InChI=1S/C11H18N2O2/c1-9(7-14-2)15-8-10-4-3-5-13-11(10)6-12/h3-5,9H,6-8,12H2,1-2H3. The smallest absolute Gasteiger partial charge is 0.0784 e. The number of pyridine rings is 1. The monoisotopic (exact) mass is 210 g/mol. The fourth-order valence-electron chi connectivity index (χ4n) is 1.30. The van der Waals surface area contributed by atoms with Crippen molar-refractivity contribution in [2.24, 2.45) is 5.73 Å². The molecule has 0 aliphatic carbocycles. The fourth-order valence-corrected chi connectivity index (χ4v) is 1.30. The van der Waals surface area contributed by atoms with Crippen LogP contribution >= 0.6 is 0 Å². The largest absolute Gasteiger partial charge is 0.382 e. The van der Waals surface area contributed by atoms with Gasteiger partial charge in [0.05, 0.1) is 25.0 Å². The van der Waals surface area contributed by atoms with E-state index in [4.69, 9.17) is 15.2 Å². The maximum Gasteiger partial charge on any atom is 0.0784 e. The first-order valence-electron chi connectivity index (χ1n) is 5.01. The van der Waals surface area contributed by atoms with Crippen molar-refractivity contribution in [1.29, 1.82) is 0 Å². The van der Waals surface area contributed by atoms with Crippen LogP contribution in [-0.4, -0.2) is 24.8 Å². The summed E-state index contributed by atoms with van der Waals surface area (Å²) in [5.41, 5.74) is 7.51. The van der Waals surface area contributed by atoms with Crippen LogP contribution in [0.4, 0.5) is 0 Å². The maximum absolute atomic E-state index is 5.59. The molecule has 0 saturated carbocycles. The second-order valence-electron chi connectivity index (χ2n) is 3.39. The van der Waals surface area contributed by atoms with E-state index in [9.17, 15) is 0 Å². The number of ether oxygens (including phenoxy) is 2. The van der Waals surface area contributed by atoms with E-state index in [0.717, 1.165) is 11.3 Å². The normalized spacial score (nSPS) is 12.7. The lowest BCUT2D eigenvalue weighted by Gasteiger charge is -2.13. The van der Waals surface area contributed by atoms with Gasteiger partial charge in [-0.2, -0.15) is 0 Å². The molecule has 0 saturated heterocycles. The van der Waals surface area contributed by atoms with Gasteiger partial charge in [-0.1, -0.05) is 6.07 Å². The van der Waals surface area contributed by atoms with Crippen molar-refractivity contribution in [2.45, 2.75) is 26.2 Å². The summed E-state index contributed by atoms with van der Waals surface area (Å²) in [5, 5.41) is 0. The molecule has 0 spiro atoms. The van der Waals surface area contributed by atoms with Crippen LogP contribution in [-0.2, 0) is 22.6 Å². The molecule has 2 N–H and O–H groups in total. The number of nitrogens with two attached hydrogens (primary N) is 1. The molecule has 1 rings (SSSR count). The molecule has 4 heteroatoms. The Hall–Kier alpha value is -0.970. The van der Waals surface area contributed by atoms with E-state index >= 15 is 0 Å². The van der Waals surface area contributed by atoms with Crippen molar-refractivity contribution >= 4 is 0 Å². The third kappa shape index (κ3) is 3.95. The zero-order valence-electron chi connectivity index (χ0n) is 9.27. The number of rotatable bonds is 6. The first-order valence-corrected chi connectivity index (χ1v) is 5.01. The van der Waals surface area contributed by atoms with Crippen LogP contribution in [0.15, 0.2) is 18.3 Å². The lowest BCUT2D eigenvalue weighted by atomic mass is 10.2. The Bertz CT molecular complexity index is 292. The molecule has 1 heterocycles. The summed E-state index contributed by atoms with van der Waals surface area (Å²) in [4.78, 5) is 4.18. The molecule has 84 valence electrons. The van der Waals surface area contributed by atoms with E-state index in [1.807, 2.05) is 19.1 Å². The summed E-state index contributed by atoms with van der Waals surface area (Å²) in [6, 6.07) is 3.87. The number of nitrogens with zero attached hydrogens (tertiary/aromatic N) is 1. The van der Waals surface area contributed by atoms with E-state index in [2.05, 4.69) is 4.98 Å². The predicted octanol–water partition coefficient (Wildman–Crippen LogP) is 1.09. The molecule has 1 aromatic heterocycles. The first-order chi connectivity index (χ1) is 7.27. The minimum atomic E-state index is 0.0841. The molecule has 15 heavy (non-hydrogen) atoms. The number of methoxy groups -OCH3 is 1. The van der Waals surface area contributed by atoms with E-state index in [1.165, 1.54) is 0 Å². The minimum Gasteiger partial charge on any atom is -0.382 e. The van der Waals surface area contributed by atoms with Gasteiger partial charge in [-0.05, 0) is 13.0 Å². The average Bonchev–Trinajstić information content (AvgIpc) is 2.27. The van der Waals surface area contributed by atoms with Crippen LogP contribution in [0, 0.1) is 0 Å². The van der Waals surface area contributed by atoms with Crippen molar-refractivity contribution in [3.63, 3.8) is 0 Å². The van der Waals surface area contributed by atoms with Crippen molar-refractivity contribution in [2.75, 3.05) is 13.7 Å². The van der Waals surface area contributed by atoms with Crippen LogP contribution in [0.25, 0.3) is 0 Å². The van der Waals surface area contributed by atoms with Gasteiger partial charge in [-0.25, -0.2) is 0 Å². The van der Waals surface area contributed by atoms with Gasteiger partial charge in [0.1, 0.15) is 0 Å². The zero-order valence-corrected chi connectivity index (χ0v) is 9.27. The fraction of sp³-hybridized carbons (Fsp3) is 0.545. The SMILES string of the molecule is COCC(C)OCc1cccnc1CN. The summed E-state index contributed by atoms with van der Waals surface area (Å²) in [7, 11) is 1.66. The lowest BCUT2D eigenvalue weighted by molar-refractivity contribution is -0.000480. The molecule has 1 unspecified atom stereocenters. The molecule has 0 aliphatic rings. The molecule has 1 aromatic rings. The van der Waals surface area contributed by atoms with Gasteiger partial charge in [0.15, 0.2) is 0 Å². The summed E-state index contributed by atoms with van der Waals surface area (Å²) in [6.07, 6.45) is 1.82. The summed E-state index contributed by atoms with van der Waals surface area (Å²) in [6.45, 7) is 3.54. The molecule has 0 aliphatic heterocycles. The third-order valence-electron chi connectivity index (χ3n) is 2.10. The quantitative estimate of drug-likeness (QED) is 0.763. The highest BCUT2D eigenvalue weighted by molar-refractivity contribution is 5.18. The Morgan fingerprint density at radius 3 is 3.00 bits per heavy atom. The Balaban J connectivity index is 2.49. The van der Waals surface area contributed by atoms with Gasteiger partial charge in [0.2, 0.25) is 0 Å². The molecule has 0 radical (unpaired) electrons.